The number of ether oxygens (including phenoxy) is 1. The molecule has 1 heterocycles. The lowest BCUT2D eigenvalue weighted by atomic mass is 10.1. The highest BCUT2D eigenvalue weighted by atomic mass is 19.1. The lowest BCUT2D eigenvalue weighted by molar-refractivity contribution is -0.148. The molecule has 0 saturated heterocycles. The summed E-state index contributed by atoms with van der Waals surface area (Å²) in [6, 6.07) is 12.2. The highest BCUT2D eigenvalue weighted by Gasteiger charge is 2.36. The van der Waals surface area contributed by atoms with Gasteiger partial charge in [-0.05, 0) is 18.2 Å². The lowest BCUT2D eigenvalue weighted by Gasteiger charge is -2.13. The number of halogens is 1. The molecule has 1 aliphatic rings. The molecule has 138 valence electrons. The molecule has 3 amide bonds. The first kappa shape index (κ1) is 18.2. The fourth-order valence-corrected chi connectivity index (χ4v) is 2.59. The van der Waals surface area contributed by atoms with Crippen LogP contribution in [-0.4, -0.2) is 41.7 Å². The zero-order valence-electron chi connectivity index (χ0n) is 14.1. The molecule has 0 radical (unpaired) electrons. The molecule has 0 saturated carbocycles. The average Bonchev–Trinajstić information content (AvgIpc) is 2.91. The molecule has 3 rings (SSSR count). The summed E-state index contributed by atoms with van der Waals surface area (Å²) < 4.78 is 18.3. The number of fused-ring (bicyclic) bond motifs is 1. The Morgan fingerprint density at radius 2 is 1.56 bits per heavy atom. The van der Waals surface area contributed by atoms with Crippen LogP contribution < -0.4 is 5.32 Å². The molecule has 0 spiro atoms. The molecule has 8 heteroatoms. The zero-order chi connectivity index (χ0) is 19.4. The molecule has 0 aromatic heterocycles. The van der Waals surface area contributed by atoms with Crippen LogP contribution in [-0.2, 0) is 20.9 Å². The van der Waals surface area contributed by atoms with Gasteiger partial charge in [0.25, 0.3) is 17.7 Å². The number of nitrogens with zero attached hydrogens (tertiary/aromatic N) is 1. The maximum Gasteiger partial charge on any atom is 0.326 e. The van der Waals surface area contributed by atoms with Gasteiger partial charge in [0.2, 0.25) is 0 Å². The zero-order valence-corrected chi connectivity index (χ0v) is 14.1. The van der Waals surface area contributed by atoms with E-state index in [0.717, 1.165) is 4.90 Å². The van der Waals surface area contributed by atoms with Crippen LogP contribution in [0.5, 0.6) is 0 Å². The van der Waals surface area contributed by atoms with E-state index >= 15 is 0 Å². The van der Waals surface area contributed by atoms with Gasteiger partial charge in [-0.1, -0.05) is 30.3 Å². The molecule has 27 heavy (non-hydrogen) atoms. The van der Waals surface area contributed by atoms with E-state index in [9.17, 15) is 23.6 Å². The Hall–Kier alpha value is -3.55. The van der Waals surface area contributed by atoms with Crippen LogP contribution in [0.2, 0.25) is 0 Å². The van der Waals surface area contributed by atoms with Crippen molar-refractivity contribution >= 4 is 23.7 Å². The number of esters is 1. The summed E-state index contributed by atoms with van der Waals surface area (Å²) in [6.07, 6.45) is 0. The van der Waals surface area contributed by atoms with E-state index in [1.54, 1.807) is 18.2 Å². The number of imide groups is 1. The molecule has 0 unspecified atom stereocenters. The lowest BCUT2D eigenvalue weighted by Crippen LogP contribution is -2.37. The van der Waals surface area contributed by atoms with Crippen molar-refractivity contribution in [3.63, 3.8) is 0 Å². The van der Waals surface area contributed by atoms with Gasteiger partial charge in [0.15, 0.2) is 6.61 Å². The minimum Gasteiger partial charge on any atom is -0.454 e. The van der Waals surface area contributed by atoms with Crippen LogP contribution in [0.3, 0.4) is 0 Å². The minimum atomic E-state index is -0.898. The highest BCUT2D eigenvalue weighted by molar-refractivity contribution is 6.22. The van der Waals surface area contributed by atoms with Gasteiger partial charge in [0.1, 0.15) is 12.4 Å². The van der Waals surface area contributed by atoms with E-state index in [-0.39, 0.29) is 17.7 Å². The second-order valence-corrected chi connectivity index (χ2v) is 5.77. The van der Waals surface area contributed by atoms with Crippen molar-refractivity contribution in [1.29, 1.82) is 0 Å². The highest BCUT2D eigenvalue weighted by Crippen LogP contribution is 2.22. The van der Waals surface area contributed by atoms with Crippen LogP contribution in [0.25, 0.3) is 0 Å². The van der Waals surface area contributed by atoms with Crippen molar-refractivity contribution in [1.82, 2.24) is 10.2 Å². The summed E-state index contributed by atoms with van der Waals surface area (Å²) in [5.41, 5.74) is 0.735. The van der Waals surface area contributed by atoms with Crippen molar-refractivity contribution in [2.75, 3.05) is 13.2 Å². The molecule has 0 atom stereocenters. The largest absolute Gasteiger partial charge is 0.454 e. The van der Waals surface area contributed by atoms with E-state index in [1.807, 2.05) is 0 Å². The predicted octanol–water partition coefficient (Wildman–Crippen LogP) is 1.28. The molecular weight excluding hydrogens is 355 g/mol. The summed E-state index contributed by atoms with van der Waals surface area (Å²) in [5, 5.41) is 2.42. The van der Waals surface area contributed by atoms with E-state index in [1.165, 1.54) is 30.3 Å². The molecule has 0 aliphatic carbocycles. The maximum absolute atomic E-state index is 13.5. The van der Waals surface area contributed by atoms with Gasteiger partial charge in [-0.25, -0.2) is 4.39 Å². The molecular formula is C19H15FN2O5. The smallest absolute Gasteiger partial charge is 0.326 e. The molecule has 1 aliphatic heterocycles. The third-order valence-electron chi connectivity index (χ3n) is 3.96. The van der Waals surface area contributed by atoms with Crippen molar-refractivity contribution in [2.24, 2.45) is 0 Å². The number of rotatable bonds is 6. The van der Waals surface area contributed by atoms with Crippen LogP contribution >= 0.6 is 0 Å². The number of nitrogens with one attached hydrogen (secondary N) is 1. The average molecular weight is 370 g/mol. The number of benzene rings is 2. The number of amides is 3. The topological polar surface area (TPSA) is 92.8 Å². The van der Waals surface area contributed by atoms with Gasteiger partial charge in [-0.3, -0.25) is 24.1 Å². The Bertz CT molecular complexity index is 893. The van der Waals surface area contributed by atoms with Crippen molar-refractivity contribution < 1.29 is 28.3 Å². The fraction of sp³-hybridized carbons (Fsp3) is 0.158. The van der Waals surface area contributed by atoms with Gasteiger partial charge < -0.3 is 10.1 Å². The van der Waals surface area contributed by atoms with Crippen LogP contribution in [0.15, 0.2) is 48.5 Å². The standard InChI is InChI=1S/C19H15FN2O5/c20-15-8-4-1-5-12(15)9-21-16(23)11-27-17(24)10-22-18(25)13-6-2-3-7-14(13)19(22)26/h1-8H,9-11H2,(H,21,23). The van der Waals surface area contributed by atoms with Crippen LogP contribution in [0.4, 0.5) is 4.39 Å². The Balaban J connectivity index is 1.48. The van der Waals surface area contributed by atoms with Gasteiger partial charge in [-0.2, -0.15) is 0 Å². The number of carbonyl (C=O) groups is 4. The Labute approximate surface area is 153 Å². The van der Waals surface area contributed by atoms with Gasteiger partial charge in [0.05, 0.1) is 11.1 Å². The first-order valence-electron chi connectivity index (χ1n) is 8.08. The molecule has 7 nitrogen and oxygen atoms in total. The van der Waals surface area contributed by atoms with E-state index in [0.29, 0.717) is 5.56 Å². The third kappa shape index (κ3) is 4.00. The van der Waals surface area contributed by atoms with Gasteiger partial charge >= 0.3 is 5.97 Å². The van der Waals surface area contributed by atoms with Crippen molar-refractivity contribution in [3.05, 3.63) is 71.0 Å². The van der Waals surface area contributed by atoms with Crippen molar-refractivity contribution in [3.8, 4) is 0 Å². The summed E-state index contributed by atoms with van der Waals surface area (Å²) >= 11 is 0. The molecule has 2 aromatic carbocycles. The Morgan fingerprint density at radius 3 is 2.19 bits per heavy atom. The maximum atomic E-state index is 13.5. The molecule has 2 aromatic rings. The van der Waals surface area contributed by atoms with Crippen LogP contribution in [0.1, 0.15) is 26.3 Å². The summed E-state index contributed by atoms with van der Waals surface area (Å²) in [7, 11) is 0. The van der Waals surface area contributed by atoms with E-state index < -0.39 is 42.7 Å². The van der Waals surface area contributed by atoms with Crippen LogP contribution in [0, 0.1) is 5.82 Å². The van der Waals surface area contributed by atoms with Gasteiger partial charge in [-0.15, -0.1) is 0 Å². The van der Waals surface area contributed by atoms with E-state index in [2.05, 4.69) is 5.32 Å². The monoisotopic (exact) mass is 370 g/mol. The SMILES string of the molecule is O=C(COC(=O)CN1C(=O)c2ccccc2C1=O)NCc1ccccc1F. The quantitative estimate of drug-likeness (QED) is 0.611. The molecule has 1 N–H and O–H groups in total. The molecule has 0 bridgehead atoms. The Morgan fingerprint density at radius 1 is 0.963 bits per heavy atom. The van der Waals surface area contributed by atoms with Crippen molar-refractivity contribution in [2.45, 2.75) is 6.54 Å². The number of hydrogen-bond acceptors (Lipinski definition) is 5. The normalized spacial score (nSPS) is 12.7. The van der Waals surface area contributed by atoms with Gasteiger partial charge in [0, 0.05) is 12.1 Å². The first-order chi connectivity index (χ1) is 13.0. The fourth-order valence-electron chi connectivity index (χ4n) is 2.59. The number of hydrogen-bond donors (Lipinski definition) is 1. The predicted molar refractivity (Wildman–Crippen MR) is 91.0 cm³/mol. The Kier molecular flexibility index (Phi) is 5.25. The summed E-state index contributed by atoms with van der Waals surface area (Å²) in [5.74, 6) is -3.16. The first-order valence-corrected chi connectivity index (χ1v) is 8.08. The van der Waals surface area contributed by atoms with E-state index in [4.69, 9.17) is 4.74 Å². The minimum absolute atomic E-state index is 0.0541. The summed E-state index contributed by atoms with van der Waals surface area (Å²) in [4.78, 5) is 48.7. The summed E-state index contributed by atoms with van der Waals surface area (Å²) in [6.45, 7) is -1.25. The second-order valence-electron chi connectivity index (χ2n) is 5.77. The third-order valence-corrected chi connectivity index (χ3v) is 3.96. The number of carbonyl (C=O) groups excluding carboxylic acids is 4. The second kappa shape index (κ2) is 7.77. The molecule has 0 fully saturated rings.